The second kappa shape index (κ2) is 3.76. The Morgan fingerprint density at radius 1 is 1.29 bits per heavy atom. The van der Waals surface area contributed by atoms with Crippen LogP contribution in [-0.4, -0.2) is 10.1 Å². The van der Waals surface area contributed by atoms with Gasteiger partial charge < -0.3 is 5.11 Å². The van der Waals surface area contributed by atoms with Crippen LogP contribution in [0.3, 0.4) is 0 Å². The number of hydrogen-bond donors (Lipinski definition) is 1. The molecule has 0 aliphatic carbocycles. The van der Waals surface area contributed by atoms with Crippen LogP contribution >= 0.6 is 0 Å². The molecule has 72 valence electrons. The molecule has 14 heavy (non-hydrogen) atoms. The van der Waals surface area contributed by atoms with Crippen molar-refractivity contribution >= 4 is 10.8 Å². The average Bonchev–Trinajstić information content (AvgIpc) is 2.27. The third-order valence-electron chi connectivity index (χ3n) is 2.41. The maximum atomic E-state index is 9.76. The van der Waals surface area contributed by atoms with E-state index >= 15 is 0 Å². The van der Waals surface area contributed by atoms with Gasteiger partial charge in [-0.15, -0.1) is 0 Å². The van der Waals surface area contributed by atoms with Crippen molar-refractivity contribution in [2.45, 2.75) is 19.4 Å². The first-order valence-corrected chi connectivity index (χ1v) is 4.84. The van der Waals surface area contributed by atoms with Gasteiger partial charge in [-0.2, -0.15) is 0 Å². The average molecular weight is 187 g/mol. The number of aliphatic hydroxyl groups excluding tert-OH is 1. The molecule has 0 bridgehead atoms. The highest BCUT2D eigenvalue weighted by molar-refractivity contribution is 5.84. The smallest absolute Gasteiger partial charge is 0.0963 e. The van der Waals surface area contributed by atoms with E-state index in [0.29, 0.717) is 6.42 Å². The minimum atomic E-state index is -0.457. The van der Waals surface area contributed by atoms with E-state index in [9.17, 15) is 5.11 Å². The molecule has 2 nitrogen and oxygen atoms in total. The first kappa shape index (κ1) is 9.16. The second-order valence-corrected chi connectivity index (χ2v) is 3.34. The van der Waals surface area contributed by atoms with Crippen molar-refractivity contribution in [3.8, 4) is 0 Å². The van der Waals surface area contributed by atoms with E-state index < -0.39 is 6.10 Å². The molecule has 0 saturated heterocycles. The molecule has 2 rings (SSSR count). The highest BCUT2D eigenvalue weighted by Crippen LogP contribution is 2.23. The zero-order chi connectivity index (χ0) is 9.97. The van der Waals surface area contributed by atoms with Gasteiger partial charge in [-0.25, -0.2) is 0 Å². The summed E-state index contributed by atoms with van der Waals surface area (Å²) in [6.45, 7) is 1.95. The Morgan fingerprint density at radius 3 is 2.86 bits per heavy atom. The maximum Gasteiger partial charge on any atom is 0.0963 e. The minimum absolute atomic E-state index is 0.457. The fourth-order valence-corrected chi connectivity index (χ4v) is 1.60. The molecule has 0 radical (unpaired) electrons. The van der Waals surface area contributed by atoms with Crippen molar-refractivity contribution in [3.05, 3.63) is 42.2 Å². The molecule has 0 aliphatic heterocycles. The lowest BCUT2D eigenvalue weighted by atomic mass is 10.1. The van der Waals surface area contributed by atoms with E-state index in [-0.39, 0.29) is 0 Å². The summed E-state index contributed by atoms with van der Waals surface area (Å²) in [5.74, 6) is 0. The standard InChI is InChI=1S/C12H13NO/c1-2-11(14)12-10-6-4-3-5-9(10)7-8-13-12/h3-8,11,14H,2H2,1H3. The van der Waals surface area contributed by atoms with Gasteiger partial charge in [0.25, 0.3) is 0 Å². The Labute approximate surface area is 83.2 Å². The Morgan fingerprint density at radius 2 is 2.07 bits per heavy atom. The monoisotopic (exact) mass is 187 g/mol. The molecule has 0 amide bonds. The molecule has 1 heterocycles. The van der Waals surface area contributed by atoms with Gasteiger partial charge in [-0.3, -0.25) is 4.98 Å². The first-order valence-electron chi connectivity index (χ1n) is 4.84. The topological polar surface area (TPSA) is 33.1 Å². The molecule has 0 saturated carbocycles. The van der Waals surface area contributed by atoms with Gasteiger partial charge in [0.2, 0.25) is 0 Å². The normalized spacial score (nSPS) is 13.0. The molecule has 1 unspecified atom stereocenters. The number of hydrogen-bond acceptors (Lipinski definition) is 2. The summed E-state index contributed by atoms with van der Waals surface area (Å²) >= 11 is 0. The number of benzene rings is 1. The molecule has 1 aromatic heterocycles. The van der Waals surface area contributed by atoms with Crippen LogP contribution in [0.5, 0.6) is 0 Å². The van der Waals surface area contributed by atoms with Crippen molar-refractivity contribution in [3.63, 3.8) is 0 Å². The van der Waals surface area contributed by atoms with E-state index in [1.54, 1.807) is 6.20 Å². The van der Waals surface area contributed by atoms with E-state index in [0.717, 1.165) is 16.5 Å². The molecular weight excluding hydrogens is 174 g/mol. The van der Waals surface area contributed by atoms with Crippen LogP contribution in [0, 0.1) is 0 Å². The molecule has 0 spiro atoms. The van der Waals surface area contributed by atoms with Gasteiger partial charge in [-0.1, -0.05) is 31.2 Å². The van der Waals surface area contributed by atoms with Gasteiger partial charge >= 0.3 is 0 Å². The zero-order valence-corrected chi connectivity index (χ0v) is 8.14. The van der Waals surface area contributed by atoms with Crippen LogP contribution in [0.4, 0.5) is 0 Å². The third-order valence-corrected chi connectivity index (χ3v) is 2.41. The summed E-state index contributed by atoms with van der Waals surface area (Å²) in [6, 6.07) is 9.95. The summed E-state index contributed by atoms with van der Waals surface area (Å²) in [4.78, 5) is 4.23. The van der Waals surface area contributed by atoms with Gasteiger partial charge in [-0.05, 0) is 17.9 Å². The molecule has 0 fully saturated rings. The van der Waals surface area contributed by atoms with Crippen molar-refractivity contribution in [1.29, 1.82) is 0 Å². The molecule has 2 heteroatoms. The molecular formula is C12H13NO. The number of nitrogens with zero attached hydrogens (tertiary/aromatic N) is 1. The predicted molar refractivity (Wildman–Crippen MR) is 57.0 cm³/mol. The molecule has 0 aliphatic rings. The number of fused-ring (bicyclic) bond motifs is 1. The Hall–Kier alpha value is -1.41. The Balaban J connectivity index is 2.65. The van der Waals surface area contributed by atoms with Gasteiger partial charge in [0, 0.05) is 11.6 Å². The fraction of sp³-hybridized carbons (Fsp3) is 0.250. The van der Waals surface area contributed by atoms with E-state index in [1.165, 1.54) is 0 Å². The minimum Gasteiger partial charge on any atom is -0.387 e. The summed E-state index contributed by atoms with van der Waals surface area (Å²) in [7, 11) is 0. The van der Waals surface area contributed by atoms with E-state index in [1.807, 2.05) is 37.3 Å². The third kappa shape index (κ3) is 1.49. The van der Waals surface area contributed by atoms with E-state index in [4.69, 9.17) is 0 Å². The van der Waals surface area contributed by atoms with Gasteiger partial charge in [0.15, 0.2) is 0 Å². The Kier molecular flexibility index (Phi) is 2.46. The van der Waals surface area contributed by atoms with Crippen LogP contribution in [0.1, 0.15) is 25.1 Å². The first-order chi connectivity index (χ1) is 6.83. The van der Waals surface area contributed by atoms with Crippen LogP contribution < -0.4 is 0 Å². The van der Waals surface area contributed by atoms with Crippen molar-refractivity contribution in [1.82, 2.24) is 4.98 Å². The fourth-order valence-electron chi connectivity index (χ4n) is 1.60. The highest BCUT2D eigenvalue weighted by atomic mass is 16.3. The summed E-state index contributed by atoms with van der Waals surface area (Å²) < 4.78 is 0. The van der Waals surface area contributed by atoms with E-state index in [2.05, 4.69) is 4.98 Å². The van der Waals surface area contributed by atoms with Crippen LogP contribution in [0.15, 0.2) is 36.5 Å². The van der Waals surface area contributed by atoms with Crippen LogP contribution in [0.2, 0.25) is 0 Å². The SMILES string of the molecule is CCC(O)c1nccc2ccccc12. The number of rotatable bonds is 2. The van der Waals surface area contributed by atoms with Gasteiger partial charge in [0.1, 0.15) is 0 Å². The highest BCUT2D eigenvalue weighted by Gasteiger charge is 2.09. The largest absolute Gasteiger partial charge is 0.387 e. The molecule has 2 aromatic rings. The quantitative estimate of drug-likeness (QED) is 0.784. The summed E-state index contributed by atoms with van der Waals surface area (Å²) in [6.07, 6.45) is 1.98. The zero-order valence-electron chi connectivity index (χ0n) is 8.14. The predicted octanol–water partition coefficient (Wildman–Crippen LogP) is 2.68. The molecule has 1 aromatic carbocycles. The lowest BCUT2D eigenvalue weighted by Crippen LogP contribution is -1.99. The summed E-state index contributed by atoms with van der Waals surface area (Å²) in [5.41, 5.74) is 0.783. The van der Waals surface area contributed by atoms with Crippen LogP contribution in [-0.2, 0) is 0 Å². The van der Waals surface area contributed by atoms with Crippen molar-refractivity contribution in [2.75, 3.05) is 0 Å². The number of aliphatic hydroxyl groups is 1. The number of pyridine rings is 1. The lowest BCUT2D eigenvalue weighted by Gasteiger charge is -2.09. The van der Waals surface area contributed by atoms with Gasteiger partial charge in [0.05, 0.1) is 11.8 Å². The molecule has 1 N–H and O–H groups in total. The van der Waals surface area contributed by atoms with Crippen LogP contribution in [0.25, 0.3) is 10.8 Å². The maximum absolute atomic E-state index is 9.76. The lowest BCUT2D eigenvalue weighted by molar-refractivity contribution is 0.170. The second-order valence-electron chi connectivity index (χ2n) is 3.34. The summed E-state index contributed by atoms with van der Waals surface area (Å²) in [5, 5.41) is 11.9. The molecule has 1 atom stereocenters. The van der Waals surface area contributed by atoms with Crippen molar-refractivity contribution in [2.24, 2.45) is 0 Å². The Bertz CT molecular complexity index is 434. The van der Waals surface area contributed by atoms with Crippen molar-refractivity contribution < 1.29 is 5.11 Å². The number of aromatic nitrogens is 1.